The molecule has 0 saturated heterocycles. The number of fused-ring (bicyclic) bond motifs is 1. The molecule has 2 aromatic carbocycles. The Balaban J connectivity index is 1.93. The topological polar surface area (TPSA) is 44.9 Å². The molecule has 0 fully saturated rings. The molecule has 3 nitrogen and oxygen atoms in total. The lowest BCUT2D eigenvalue weighted by molar-refractivity contribution is -0.121. The van der Waals surface area contributed by atoms with Crippen molar-refractivity contribution in [1.29, 1.82) is 0 Å². The van der Waals surface area contributed by atoms with Crippen molar-refractivity contribution in [3.05, 3.63) is 70.9 Å². The quantitative estimate of drug-likeness (QED) is 0.518. The summed E-state index contributed by atoms with van der Waals surface area (Å²) in [6, 6.07) is 15.0. The molecule has 0 aliphatic carbocycles. The second kappa shape index (κ2) is 9.09. The summed E-state index contributed by atoms with van der Waals surface area (Å²) >= 11 is 0. The Morgan fingerprint density at radius 2 is 1.86 bits per heavy atom. The lowest BCUT2D eigenvalue weighted by Crippen LogP contribution is -2.27. The van der Waals surface area contributed by atoms with E-state index in [4.69, 9.17) is 0 Å². The minimum absolute atomic E-state index is 0.0421. The maximum Gasteiger partial charge on any atom is 0.220 e. The highest BCUT2D eigenvalue weighted by Gasteiger charge is 2.22. The minimum Gasteiger partial charge on any atom is -0.361 e. The predicted octanol–water partition coefficient (Wildman–Crippen LogP) is 5.72. The summed E-state index contributed by atoms with van der Waals surface area (Å²) in [6.07, 6.45) is 4.55. The van der Waals surface area contributed by atoms with E-state index < -0.39 is 0 Å². The molecule has 1 atom stereocenters. The zero-order valence-corrected chi connectivity index (χ0v) is 17.5. The number of H-pyrrole nitrogens is 1. The molecule has 0 radical (unpaired) electrons. The van der Waals surface area contributed by atoms with E-state index >= 15 is 0 Å². The SMILES string of the molecule is CCc1cccc2c(C(CC(=O)NCCC(C)C)c3ccc(C)cc3)c[nH]c12. The molecule has 0 bridgehead atoms. The third-order valence-electron chi connectivity index (χ3n) is 5.50. The van der Waals surface area contributed by atoms with Crippen LogP contribution in [0.5, 0.6) is 0 Å². The Morgan fingerprint density at radius 1 is 1.11 bits per heavy atom. The molecule has 3 heteroatoms. The van der Waals surface area contributed by atoms with Crippen LogP contribution in [0.15, 0.2) is 48.7 Å². The summed E-state index contributed by atoms with van der Waals surface area (Å²) < 4.78 is 0. The zero-order chi connectivity index (χ0) is 20.1. The van der Waals surface area contributed by atoms with E-state index in [-0.39, 0.29) is 11.8 Å². The fourth-order valence-corrected chi connectivity index (χ4v) is 3.79. The van der Waals surface area contributed by atoms with Gasteiger partial charge in [0.15, 0.2) is 0 Å². The van der Waals surface area contributed by atoms with Crippen molar-refractivity contribution in [2.24, 2.45) is 5.92 Å². The molecule has 1 aromatic heterocycles. The van der Waals surface area contributed by atoms with Gasteiger partial charge >= 0.3 is 0 Å². The molecule has 28 heavy (non-hydrogen) atoms. The number of hydrogen-bond acceptors (Lipinski definition) is 1. The van der Waals surface area contributed by atoms with E-state index in [1.54, 1.807) is 0 Å². The lowest BCUT2D eigenvalue weighted by atomic mass is 9.87. The first kappa shape index (κ1) is 20.2. The zero-order valence-electron chi connectivity index (χ0n) is 17.5. The van der Waals surface area contributed by atoms with Crippen LogP contribution in [0, 0.1) is 12.8 Å². The monoisotopic (exact) mass is 376 g/mol. The van der Waals surface area contributed by atoms with Crippen LogP contribution in [0.3, 0.4) is 0 Å². The van der Waals surface area contributed by atoms with E-state index in [0.29, 0.717) is 12.3 Å². The molecule has 3 aromatic rings. The van der Waals surface area contributed by atoms with E-state index in [9.17, 15) is 4.79 Å². The summed E-state index contributed by atoms with van der Waals surface area (Å²) in [6.45, 7) is 9.37. The summed E-state index contributed by atoms with van der Waals surface area (Å²) in [5, 5.41) is 4.33. The van der Waals surface area contributed by atoms with Crippen LogP contribution in [0.1, 0.15) is 61.8 Å². The highest BCUT2D eigenvalue weighted by atomic mass is 16.1. The maximum absolute atomic E-state index is 12.7. The van der Waals surface area contributed by atoms with Crippen LogP contribution < -0.4 is 5.32 Å². The normalized spacial score (nSPS) is 12.5. The van der Waals surface area contributed by atoms with Gasteiger partial charge in [-0.05, 0) is 42.4 Å². The first-order valence-corrected chi connectivity index (χ1v) is 10.4. The summed E-state index contributed by atoms with van der Waals surface area (Å²) in [5.41, 5.74) is 6.13. The van der Waals surface area contributed by atoms with Gasteiger partial charge in [-0.3, -0.25) is 4.79 Å². The molecule has 148 valence electrons. The van der Waals surface area contributed by atoms with Crippen molar-refractivity contribution < 1.29 is 4.79 Å². The Labute approximate surface area is 168 Å². The molecule has 0 saturated carbocycles. The number of carbonyl (C=O) groups is 1. The Hall–Kier alpha value is -2.55. The molecular weight excluding hydrogens is 344 g/mol. The van der Waals surface area contributed by atoms with Crippen molar-refractivity contribution in [3.8, 4) is 0 Å². The van der Waals surface area contributed by atoms with Crippen LogP contribution >= 0.6 is 0 Å². The van der Waals surface area contributed by atoms with Crippen LogP contribution in [-0.4, -0.2) is 17.4 Å². The van der Waals surface area contributed by atoms with Crippen molar-refractivity contribution in [2.75, 3.05) is 6.54 Å². The molecule has 2 N–H and O–H groups in total. The number of para-hydroxylation sites is 1. The molecule has 0 spiro atoms. The molecule has 0 aliphatic heterocycles. The average Bonchev–Trinajstić information content (AvgIpc) is 3.10. The largest absolute Gasteiger partial charge is 0.361 e. The molecule has 0 aliphatic rings. The molecule has 1 heterocycles. The third kappa shape index (κ3) is 4.64. The summed E-state index contributed by atoms with van der Waals surface area (Å²) in [5.74, 6) is 0.752. The summed E-state index contributed by atoms with van der Waals surface area (Å²) in [7, 11) is 0. The van der Waals surface area contributed by atoms with Gasteiger partial charge in [0.2, 0.25) is 5.91 Å². The van der Waals surface area contributed by atoms with Crippen molar-refractivity contribution >= 4 is 16.8 Å². The van der Waals surface area contributed by atoms with Gasteiger partial charge in [-0.25, -0.2) is 0 Å². The van der Waals surface area contributed by atoms with Crippen LogP contribution in [0.25, 0.3) is 10.9 Å². The number of aromatic amines is 1. The van der Waals surface area contributed by atoms with Gasteiger partial charge in [-0.15, -0.1) is 0 Å². The third-order valence-corrected chi connectivity index (χ3v) is 5.50. The van der Waals surface area contributed by atoms with E-state index in [1.807, 2.05) is 0 Å². The smallest absolute Gasteiger partial charge is 0.220 e. The minimum atomic E-state index is 0.0421. The Bertz CT molecular complexity index is 921. The van der Waals surface area contributed by atoms with E-state index in [0.717, 1.165) is 19.4 Å². The highest BCUT2D eigenvalue weighted by Crippen LogP contribution is 2.34. The maximum atomic E-state index is 12.7. The van der Waals surface area contributed by atoms with Gasteiger partial charge < -0.3 is 10.3 Å². The molecule has 1 amide bonds. The lowest BCUT2D eigenvalue weighted by Gasteiger charge is -2.18. The van der Waals surface area contributed by atoms with Crippen LogP contribution in [-0.2, 0) is 11.2 Å². The first-order valence-electron chi connectivity index (χ1n) is 10.4. The fourth-order valence-electron chi connectivity index (χ4n) is 3.79. The van der Waals surface area contributed by atoms with Gasteiger partial charge in [-0.1, -0.05) is 68.8 Å². The first-order chi connectivity index (χ1) is 13.5. The van der Waals surface area contributed by atoms with Crippen molar-refractivity contribution in [1.82, 2.24) is 10.3 Å². The van der Waals surface area contributed by atoms with E-state index in [2.05, 4.69) is 86.7 Å². The van der Waals surface area contributed by atoms with Gasteiger partial charge in [0.25, 0.3) is 0 Å². The Kier molecular flexibility index (Phi) is 6.56. The number of amides is 1. The molecule has 1 unspecified atom stereocenters. The number of aromatic nitrogens is 1. The molecular formula is C25H32N2O. The van der Waals surface area contributed by atoms with Gasteiger partial charge in [0.05, 0.1) is 0 Å². The van der Waals surface area contributed by atoms with Gasteiger partial charge in [-0.2, -0.15) is 0 Å². The Morgan fingerprint density at radius 3 is 2.54 bits per heavy atom. The van der Waals surface area contributed by atoms with Crippen molar-refractivity contribution in [3.63, 3.8) is 0 Å². The predicted molar refractivity (Wildman–Crippen MR) is 118 cm³/mol. The summed E-state index contributed by atoms with van der Waals surface area (Å²) in [4.78, 5) is 16.2. The standard InChI is InChI=1S/C25H32N2O/c1-5-19-7-6-8-21-23(16-27-25(19)21)22(20-11-9-18(4)10-12-20)15-24(28)26-14-13-17(2)3/h6-12,16-17,22,27H,5,13-15H2,1-4H3,(H,26,28). The number of nitrogens with one attached hydrogen (secondary N) is 2. The van der Waals surface area contributed by atoms with E-state index in [1.165, 1.54) is 33.2 Å². The fraction of sp³-hybridized carbons (Fsp3) is 0.400. The number of benzene rings is 2. The number of hydrogen-bond donors (Lipinski definition) is 2. The van der Waals surface area contributed by atoms with Crippen LogP contribution in [0.2, 0.25) is 0 Å². The van der Waals surface area contributed by atoms with Crippen LogP contribution in [0.4, 0.5) is 0 Å². The van der Waals surface area contributed by atoms with Gasteiger partial charge in [0, 0.05) is 36.0 Å². The number of aryl methyl sites for hydroxylation is 2. The number of carbonyl (C=O) groups excluding carboxylic acids is 1. The second-order valence-electron chi connectivity index (χ2n) is 8.14. The second-order valence-corrected chi connectivity index (χ2v) is 8.14. The number of rotatable bonds is 8. The average molecular weight is 377 g/mol. The molecule has 3 rings (SSSR count). The highest BCUT2D eigenvalue weighted by molar-refractivity contribution is 5.88. The van der Waals surface area contributed by atoms with Crippen molar-refractivity contribution in [2.45, 2.75) is 52.9 Å². The van der Waals surface area contributed by atoms with Gasteiger partial charge in [0.1, 0.15) is 0 Å².